The summed E-state index contributed by atoms with van der Waals surface area (Å²) in [5, 5.41) is 13.2. The second-order valence-electron chi connectivity index (χ2n) is 10.7. The van der Waals surface area contributed by atoms with Gasteiger partial charge >= 0.3 is 0 Å². The summed E-state index contributed by atoms with van der Waals surface area (Å²) in [6.07, 6.45) is 8.12. The van der Waals surface area contributed by atoms with Gasteiger partial charge in [-0.3, -0.25) is 9.69 Å². The number of aromatic hydroxyl groups is 1. The molecule has 1 saturated heterocycles. The number of ether oxygens (including phenoxy) is 1. The molecule has 6 nitrogen and oxygen atoms in total. The number of anilines is 1. The number of halogens is 2. The second-order valence-corrected chi connectivity index (χ2v) is 11.2. The summed E-state index contributed by atoms with van der Waals surface area (Å²) in [6.45, 7) is 5.48. The summed E-state index contributed by atoms with van der Waals surface area (Å²) in [7, 11) is 1.80. The van der Waals surface area contributed by atoms with Crippen molar-refractivity contribution in [2.75, 3.05) is 51.3 Å². The van der Waals surface area contributed by atoms with Crippen molar-refractivity contribution in [3.05, 3.63) is 58.9 Å². The average molecular weight is 546 g/mol. The van der Waals surface area contributed by atoms with E-state index in [9.17, 15) is 14.3 Å². The van der Waals surface area contributed by atoms with Crippen molar-refractivity contribution >= 4 is 23.2 Å². The van der Waals surface area contributed by atoms with Gasteiger partial charge in [0.05, 0.1) is 11.7 Å². The van der Waals surface area contributed by atoms with Gasteiger partial charge < -0.3 is 20.1 Å². The van der Waals surface area contributed by atoms with Gasteiger partial charge in [0.25, 0.3) is 5.91 Å². The Morgan fingerprint density at radius 3 is 2.55 bits per heavy atom. The first-order valence-electron chi connectivity index (χ1n) is 14.0. The molecule has 8 heteroatoms. The van der Waals surface area contributed by atoms with Crippen LogP contribution in [0.15, 0.2) is 42.5 Å². The number of amides is 1. The predicted molar refractivity (Wildman–Crippen MR) is 151 cm³/mol. The van der Waals surface area contributed by atoms with Crippen molar-refractivity contribution in [3.63, 3.8) is 0 Å². The van der Waals surface area contributed by atoms with Crippen molar-refractivity contribution in [2.24, 2.45) is 11.8 Å². The van der Waals surface area contributed by atoms with Crippen LogP contribution in [0.4, 0.5) is 10.1 Å². The topological polar surface area (TPSA) is 65.0 Å². The lowest BCUT2D eigenvalue weighted by molar-refractivity contribution is 0.0212. The summed E-state index contributed by atoms with van der Waals surface area (Å²) in [4.78, 5) is 17.0. The SMILES string of the molecule is COC(CCCNC(=O)c1ccccc1O)C1CCC(CCN2CCN(c3cc(F)cc(Cl)c3)CC2)CC1. The normalized spacial score (nSPS) is 21.3. The molecule has 0 spiro atoms. The maximum Gasteiger partial charge on any atom is 0.255 e. The van der Waals surface area contributed by atoms with E-state index in [1.807, 2.05) is 6.07 Å². The standard InChI is InChI=1S/C30H41ClFN3O3/c1-38-29(7-4-13-33-30(37)27-5-2-3-6-28(27)36)23-10-8-22(9-11-23)12-14-34-15-17-35(18-16-34)26-20-24(31)19-25(32)21-26/h2-3,5-6,19-23,29,36H,4,7-18H2,1H3,(H,33,37). The molecule has 1 atom stereocenters. The van der Waals surface area contributed by atoms with E-state index in [1.165, 1.54) is 44.2 Å². The van der Waals surface area contributed by atoms with E-state index in [1.54, 1.807) is 31.4 Å². The van der Waals surface area contributed by atoms with E-state index in [0.29, 0.717) is 23.0 Å². The number of rotatable bonds is 11. The van der Waals surface area contributed by atoms with Crippen LogP contribution in [0.1, 0.15) is 55.3 Å². The lowest BCUT2D eigenvalue weighted by Crippen LogP contribution is -2.47. The molecule has 2 N–H and O–H groups in total. The van der Waals surface area contributed by atoms with Gasteiger partial charge in [0.2, 0.25) is 0 Å². The Morgan fingerprint density at radius 1 is 1.13 bits per heavy atom. The second kappa shape index (κ2) is 14.2. The first kappa shape index (κ1) is 28.7. The van der Waals surface area contributed by atoms with Crippen LogP contribution in [0.25, 0.3) is 0 Å². The van der Waals surface area contributed by atoms with E-state index in [4.69, 9.17) is 16.3 Å². The molecule has 2 aliphatic rings. The molecule has 0 aromatic heterocycles. The van der Waals surface area contributed by atoms with E-state index < -0.39 is 0 Å². The van der Waals surface area contributed by atoms with Gasteiger partial charge in [0, 0.05) is 50.5 Å². The highest BCUT2D eigenvalue weighted by Gasteiger charge is 2.28. The number of nitrogens with zero attached hydrogens (tertiary/aromatic N) is 2. The molecule has 1 unspecified atom stereocenters. The zero-order chi connectivity index (χ0) is 26.9. The predicted octanol–water partition coefficient (Wildman–Crippen LogP) is 5.73. The van der Waals surface area contributed by atoms with Crippen molar-refractivity contribution in [1.82, 2.24) is 10.2 Å². The van der Waals surface area contributed by atoms with Crippen LogP contribution in [0.3, 0.4) is 0 Å². The molecule has 1 aliphatic heterocycles. The highest BCUT2D eigenvalue weighted by molar-refractivity contribution is 6.30. The minimum atomic E-state index is -0.280. The smallest absolute Gasteiger partial charge is 0.255 e. The first-order valence-corrected chi connectivity index (χ1v) is 14.3. The number of piperazine rings is 1. The van der Waals surface area contributed by atoms with Gasteiger partial charge in [-0.05, 0) is 80.8 Å². The van der Waals surface area contributed by atoms with Crippen molar-refractivity contribution in [1.29, 1.82) is 0 Å². The maximum absolute atomic E-state index is 13.7. The fraction of sp³-hybridized carbons (Fsp3) is 0.567. The quantitative estimate of drug-likeness (QED) is 0.353. The largest absolute Gasteiger partial charge is 0.507 e. The molecule has 1 heterocycles. The summed E-state index contributed by atoms with van der Waals surface area (Å²) in [6, 6.07) is 11.4. The minimum absolute atomic E-state index is 0.00742. The molecular formula is C30H41ClFN3O3. The van der Waals surface area contributed by atoms with Crippen LogP contribution >= 0.6 is 11.6 Å². The van der Waals surface area contributed by atoms with E-state index in [-0.39, 0.29) is 23.6 Å². The fourth-order valence-electron chi connectivity index (χ4n) is 5.98. The summed E-state index contributed by atoms with van der Waals surface area (Å²) in [5.74, 6) is 0.830. The summed E-state index contributed by atoms with van der Waals surface area (Å²) in [5.41, 5.74) is 1.19. The lowest BCUT2D eigenvalue weighted by Gasteiger charge is -2.38. The van der Waals surface area contributed by atoms with Crippen molar-refractivity contribution in [3.8, 4) is 5.75 Å². The Morgan fingerprint density at radius 2 is 1.87 bits per heavy atom. The highest BCUT2D eigenvalue weighted by atomic mass is 35.5. The number of hydrogen-bond acceptors (Lipinski definition) is 5. The number of nitrogens with one attached hydrogen (secondary N) is 1. The Balaban J connectivity index is 1.11. The molecule has 1 aliphatic carbocycles. The fourth-order valence-corrected chi connectivity index (χ4v) is 6.19. The van der Waals surface area contributed by atoms with E-state index in [2.05, 4.69) is 15.1 Å². The number of carbonyl (C=O) groups excluding carboxylic acids is 1. The van der Waals surface area contributed by atoms with Gasteiger partial charge in [-0.2, -0.15) is 0 Å². The molecular weight excluding hydrogens is 505 g/mol. The number of hydrogen-bond donors (Lipinski definition) is 2. The maximum atomic E-state index is 13.7. The van der Waals surface area contributed by atoms with Crippen molar-refractivity contribution < 1.29 is 19.0 Å². The zero-order valence-electron chi connectivity index (χ0n) is 22.4. The number of carbonyl (C=O) groups is 1. The molecule has 4 rings (SSSR count). The summed E-state index contributed by atoms with van der Waals surface area (Å²) >= 11 is 6.03. The van der Waals surface area contributed by atoms with Crippen molar-refractivity contribution in [2.45, 2.75) is 51.0 Å². The van der Waals surface area contributed by atoms with E-state index >= 15 is 0 Å². The van der Waals surface area contributed by atoms with Crippen LogP contribution in [0.2, 0.25) is 5.02 Å². The number of phenols is 1. The highest BCUT2D eigenvalue weighted by Crippen LogP contribution is 2.35. The molecule has 2 aromatic carbocycles. The first-order chi connectivity index (χ1) is 18.4. The minimum Gasteiger partial charge on any atom is -0.507 e. The number of methoxy groups -OCH3 is 1. The van der Waals surface area contributed by atoms with Crippen LogP contribution < -0.4 is 10.2 Å². The molecule has 2 aromatic rings. The number of phenolic OH excluding ortho intramolecular Hbond substituents is 1. The molecule has 0 radical (unpaired) electrons. The monoisotopic (exact) mass is 545 g/mol. The van der Waals surface area contributed by atoms with E-state index in [0.717, 1.165) is 57.2 Å². The Kier molecular flexibility index (Phi) is 10.7. The third-order valence-electron chi connectivity index (χ3n) is 8.26. The third-order valence-corrected chi connectivity index (χ3v) is 8.48. The number of para-hydroxylation sites is 1. The van der Waals surface area contributed by atoms with Crippen LogP contribution in [-0.4, -0.2) is 68.4 Å². The van der Waals surface area contributed by atoms with Crippen LogP contribution in [0.5, 0.6) is 5.75 Å². The third kappa shape index (κ3) is 8.08. The average Bonchev–Trinajstić information content (AvgIpc) is 2.92. The Bertz CT molecular complexity index is 1020. The molecule has 1 saturated carbocycles. The molecule has 208 valence electrons. The Hall–Kier alpha value is -2.35. The van der Waals surface area contributed by atoms with Gasteiger partial charge in [-0.1, -0.05) is 36.6 Å². The number of benzene rings is 2. The zero-order valence-corrected chi connectivity index (χ0v) is 23.1. The molecule has 2 fully saturated rings. The molecule has 1 amide bonds. The van der Waals surface area contributed by atoms with Gasteiger partial charge in [0.15, 0.2) is 0 Å². The molecule has 38 heavy (non-hydrogen) atoms. The molecule has 0 bridgehead atoms. The van der Waals surface area contributed by atoms with Gasteiger partial charge in [-0.25, -0.2) is 4.39 Å². The van der Waals surface area contributed by atoms with Crippen LogP contribution in [0, 0.1) is 17.7 Å². The van der Waals surface area contributed by atoms with Gasteiger partial charge in [-0.15, -0.1) is 0 Å². The Labute approximate surface area is 231 Å². The van der Waals surface area contributed by atoms with Gasteiger partial charge in [0.1, 0.15) is 11.6 Å². The summed E-state index contributed by atoms with van der Waals surface area (Å²) < 4.78 is 19.6. The lowest BCUT2D eigenvalue weighted by atomic mass is 9.77. The van der Waals surface area contributed by atoms with Crippen LogP contribution in [-0.2, 0) is 4.74 Å².